The van der Waals surface area contributed by atoms with Gasteiger partial charge in [0.05, 0.1) is 5.56 Å². The van der Waals surface area contributed by atoms with Crippen LogP contribution < -0.4 is 10.2 Å². The van der Waals surface area contributed by atoms with Gasteiger partial charge in [0, 0.05) is 32.9 Å². The Morgan fingerprint density at radius 2 is 2.29 bits per heavy atom. The zero-order chi connectivity index (χ0) is 14.5. The molecule has 0 bridgehead atoms. The van der Waals surface area contributed by atoms with Gasteiger partial charge in [-0.1, -0.05) is 5.16 Å². The highest BCUT2D eigenvalue weighted by atomic mass is 16.5. The molecule has 112 valence electrons. The molecule has 2 aromatic heterocycles. The van der Waals surface area contributed by atoms with Crippen molar-refractivity contribution in [1.82, 2.24) is 20.4 Å². The largest absolute Gasteiger partial charge is 0.377 e. The van der Waals surface area contributed by atoms with Gasteiger partial charge in [0.2, 0.25) is 0 Å². The maximum absolute atomic E-state index is 5.20. The molecule has 3 rings (SSSR count). The summed E-state index contributed by atoms with van der Waals surface area (Å²) in [5.74, 6) is 1.99. The maximum Gasteiger partial charge on any atom is 0.259 e. The Hall–Kier alpha value is -1.99. The molecule has 7 heteroatoms. The van der Waals surface area contributed by atoms with Crippen molar-refractivity contribution < 1.29 is 9.26 Å². The molecule has 0 spiro atoms. The minimum absolute atomic E-state index is 0.343. The second-order valence-corrected chi connectivity index (χ2v) is 4.94. The molecule has 0 radical (unpaired) electrons. The molecule has 0 aromatic carbocycles. The molecule has 7 nitrogen and oxygen atoms in total. The molecular weight excluding hydrogens is 270 g/mol. The molecule has 2 aromatic rings. The maximum atomic E-state index is 5.20. The third kappa shape index (κ3) is 3.37. The first-order valence-electron chi connectivity index (χ1n) is 7.10. The standard InChI is InChI=1S/C14H19N5O2/c1-20-10-12-17-14(21-18-12)11-3-4-13(16-9-11)19-7-2-5-15-6-8-19/h3-4,9,15H,2,5-8,10H2,1H3. The molecule has 0 unspecified atom stereocenters. The number of hydrogen-bond donors (Lipinski definition) is 1. The summed E-state index contributed by atoms with van der Waals surface area (Å²) in [7, 11) is 1.60. The highest BCUT2D eigenvalue weighted by Gasteiger charge is 2.13. The minimum atomic E-state index is 0.343. The van der Waals surface area contributed by atoms with E-state index in [2.05, 4.69) is 25.3 Å². The average Bonchev–Trinajstić information content (AvgIpc) is 2.82. The number of rotatable bonds is 4. The van der Waals surface area contributed by atoms with Gasteiger partial charge >= 0.3 is 0 Å². The fraction of sp³-hybridized carbons (Fsp3) is 0.500. The van der Waals surface area contributed by atoms with Crippen molar-refractivity contribution in [3.63, 3.8) is 0 Å². The summed E-state index contributed by atoms with van der Waals surface area (Å²) in [4.78, 5) is 11.1. The second-order valence-electron chi connectivity index (χ2n) is 4.94. The lowest BCUT2D eigenvalue weighted by Gasteiger charge is -2.20. The lowest BCUT2D eigenvalue weighted by atomic mass is 10.2. The van der Waals surface area contributed by atoms with E-state index in [1.165, 1.54) is 0 Å². The van der Waals surface area contributed by atoms with E-state index in [-0.39, 0.29) is 0 Å². The van der Waals surface area contributed by atoms with Crippen LogP contribution in [0.25, 0.3) is 11.5 Å². The Bertz CT molecular complexity index is 561. The molecule has 21 heavy (non-hydrogen) atoms. The fourth-order valence-electron chi connectivity index (χ4n) is 2.33. The monoisotopic (exact) mass is 289 g/mol. The van der Waals surface area contributed by atoms with Crippen LogP contribution in [0.15, 0.2) is 22.9 Å². The summed E-state index contributed by atoms with van der Waals surface area (Å²) in [5.41, 5.74) is 0.821. The molecule has 3 heterocycles. The van der Waals surface area contributed by atoms with Gasteiger partial charge in [-0.15, -0.1) is 0 Å². The molecule has 0 saturated carbocycles. The summed E-state index contributed by atoms with van der Waals surface area (Å²) >= 11 is 0. The van der Waals surface area contributed by atoms with E-state index in [0.717, 1.165) is 44.0 Å². The first kappa shape index (κ1) is 14.0. The van der Waals surface area contributed by atoms with Gasteiger partial charge in [-0.3, -0.25) is 0 Å². The van der Waals surface area contributed by atoms with Gasteiger partial charge in [0.15, 0.2) is 5.82 Å². The number of nitrogens with zero attached hydrogens (tertiary/aromatic N) is 4. The van der Waals surface area contributed by atoms with E-state index in [1.807, 2.05) is 12.1 Å². The van der Waals surface area contributed by atoms with Crippen LogP contribution >= 0.6 is 0 Å². The molecule has 1 saturated heterocycles. The molecule has 1 aliphatic heterocycles. The van der Waals surface area contributed by atoms with Crippen molar-refractivity contribution in [2.24, 2.45) is 0 Å². The Balaban J connectivity index is 1.73. The van der Waals surface area contributed by atoms with Crippen molar-refractivity contribution in [2.45, 2.75) is 13.0 Å². The van der Waals surface area contributed by atoms with Crippen LogP contribution in [0, 0.1) is 0 Å². The predicted octanol–water partition coefficient (Wildman–Crippen LogP) is 1.08. The highest BCUT2D eigenvalue weighted by molar-refractivity contribution is 5.54. The van der Waals surface area contributed by atoms with Crippen LogP contribution in [0.3, 0.4) is 0 Å². The highest BCUT2D eigenvalue weighted by Crippen LogP contribution is 2.20. The molecule has 0 aliphatic carbocycles. The molecule has 0 amide bonds. The summed E-state index contributed by atoms with van der Waals surface area (Å²) < 4.78 is 10.2. The Kier molecular flexibility index (Phi) is 4.42. The lowest BCUT2D eigenvalue weighted by Crippen LogP contribution is -2.28. The van der Waals surface area contributed by atoms with E-state index in [9.17, 15) is 0 Å². The van der Waals surface area contributed by atoms with Gasteiger partial charge in [-0.25, -0.2) is 4.98 Å². The zero-order valence-corrected chi connectivity index (χ0v) is 12.1. The molecule has 1 fully saturated rings. The zero-order valence-electron chi connectivity index (χ0n) is 12.1. The normalized spacial score (nSPS) is 16.0. The van der Waals surface area contributed by atoms with Crippen molar-refractivity contribution in [3.05, 3.63) is 24.2 Å². The van der Waals surface area contributed by atoms with E-state index in [4.69, 9.17) is 9.26 Å². The SMILES string of the molecule is COCc1noc(-c2ccc(N3CCCNCC3)nc2)n1. The van der Waals surface area contributed by atoms with Gasteiger partial charge in [-0.05, 0) is 25.1 Å². The van der Waals surface area contributed by atoms with Crippen molar-refractivity contribution >= 4 is 5.82 Å². The number of pyridine rings is 1. The summed E-state index contributed by atoms with van der Waals surface area (Å²) in [6.07, 6.45) is 2.91. The van der Waals surface area contributed by atoms with Gasteiger partial charge in [-0.2, -0.15) is 4.98 Å². The third-order valence-corrected chi connectivity index (χ3v) is 3.40. The first-order valence-corrected chi connectivity index (χ1v) is 7.10. The van der Waals surface area contributed by atoms with Crippen LogP contribution in [-0.2, 0) is 11.3 Å². The second kappa shape index (κ2) is 6.64. The van der Waals surface area contributed by atoms with Gasteiger partial charge in [0.1, 0.15) is 12.4 Å². The summed E-state index contributed by atoms with van der Waals surface area (Å²) in [6.45, 7) is 4.41. The number of hydrogen-bond acceptors (Lipinski definition) is 7. The number of nitrogens with one attached hydrogen (secondary N) is 1. The van der Waals surface area contributed by atoms with Crippen LogP contribution in [0.2, 0.25) is 0 Å². The third-order valence-electron chi connectivity index (χ3n) is 3.40. The molecular formula is C14H19N5O2. The van der Waals surface area contributed by atoms with E-state index in [0.29, 0.717) is 18.3 Å². The van der Waals surface area contributed by atoms with E-state index in [1.54, 1.807) is 13.3 Å². The van der Waals surface area contributed by atoms with Crippen LogP contribution in [0.5, 0.6) is 0 Å². The quantitative estimate of drug-likeness (QED) is 0.902. The van der Waals surface area contributed by atoms with Gasteiger partial charge < -0.3 is 19.5 Å². The van der Waals surface area contributed by atoms with Gasteiger partial charge in [0.25, 0.3) is 5.89 Å². The topological polar surface area (TPSA) is 76.3 Å². The minimum Gasteiger partial charge on any atom is -0.377 e. The molecule has 1 N–H and O–H groups in total. The number of ether oxygens (including phenoxy) is 1. The summed E-state index contributed by atoms with van der Waals surface area (Å²) in [6, 6.07) is 3.96. The Morgan fingerprint density at radius 1 is 1.33 bits per heavy atom. The van der Waals surface area contributed by atoms with Crippen molar-refractivity contribution in [2.75, 3.05) is 38.2 Å². The Labute approximate surface area is 123 Å². The number of aromatic nitrogens is 3. The molecule has 0 atom stereocenters. The molecule has 1 aliphatic rings. The van der Waals surface area contributed by atoms with Crippen molar-refractivity contribution in [3.8, 4) is 11.5 Å². The fourth-order valence-corrected chi connectivity index (χ4v) is 2.33. The van der Waals surface area contributed by atoms with Crippen LogP contribution in [0.1, 0.15) is 12.2 Å². The Morgan fingerprint density at radius 3 is 3.10 bits per heavy atom. The number of methoxy groups -OCH3 is 1. The average molecular weight is 289 g/mol. The smallest absolute Gasteiger partial charge is 0.259 e. The summed E-state index contributed by atoms with van der Waals surface area (Å²) in [5, 5.41) is 7.23. The number of anilines is 1. The predicted molar refractivity (Wildman–Crippen MR) is 77.9 cm³/mol. The lowest BCUT2D eigenvalue weighted by molar-refractivity contribution is 0.174. The van der Waals surface area contributed by atoms with Crippen molar-refractivity contribution in [1.29, 1.82) is 0 Å². The first-order chi connectivity index (χ1) is 10.4. The van der Waals surface area contributed by atoms with E-state index < -0.39 is 0 Å². The van der Waals surface area contributed by atoms with Crippen LogP contribution in [0.4, 0.5) is 5.82 Å². The van der Waals surface area contributed by atoms with Crippen LogP contribution in [-0.4, -0.2) is 48.4 Å². The van der Waals surface area contributed by atoms with E-state index >= 15 is 0 Å².